The van der Waals surface area contributed by atoms with Crippen molar-refractivity contribution < 1.29 is 38.1 Å². The second kappa shape index (κ2) is 12.0. The number of hydrogen-bond donors (Lipinski definition) is 1. The van der Waals surface area contributed by atoms with Gasteiger partial charge in [-0.1, -0.05) is 12.1 Å². The second-order valence-corrected chi connectivity index (χ2v) is 7.84. The van der Waals surface area contributed by atoms with Gasteiger partial charge in [-0.25, -0.2) is 9.59 Å². The van der Waals surface area contributed by atoms with Crippen molar-refractivity contribution in [3.63, 3.8) is 0 Å². The van der Waals surface area contributed by atoms with Crippen molar-refractivity contribution in [2.75, 3.05) is 40.3 Å². The van der Waals surface area contributed by atoms with Crippen LogP contribution in [0.2, 0.25) is 0 Å². The molecule has 37 heavy (non-hydrogen) atoms. The van der Waals surface area contributed by atoms with E-state index in [9.17, 15) is 14.4 Å². The largest absolute Gasteiger partial charge is 0.493 e. The average Bonchev–Trinajstić information content (AvgIpc) is 2.91. The second-order valence-electron chi connectivity index (χ2n) is 7.84. The van der Waals surface area contributed by atoms with E-state index in [1.807, 2.05) is 0 Å². The fraction of sp³-hybridized carbons (Fsp3) is 0.296. The van der Waals surface area contributed by atoms with Crippen molar-refractivity contribution in [3.05, 3.63) is 71.1 Å². The van der Waals surface area contributed by atoms with Crippen LogP contribution in [0.4, 0.5) is 5.69 Å². The number of nitrogens with zero attached hydrogens (tertiary/aromatic N) is 1. The molecule has 1 aliphatic heterocycles. The van der Waals surface area contributed by atoms with Gasteiger partial charge in [0, 0.05) is 23.7 Å². The maximum absolute atomic E-state index is 13.6. The maximum Gasteiger partial charge on any atom is 0.336 e. The van der Waals surface area contributed by atoms with E-state index in [4.69, 9.17) is 29.4 Å². The van der Waals surface area contributed by atoms with Crippen molar-refractivity contribution in [1.82, 2.24) is 4.90 Å². The van der Waals surface area contributed by atoms with Gasteiger partial charge in [-0.2, -0.15) is 0 Å². The minimum absolute atomic E-state index is 0.0683. The van der Waals surface area contributed by atoms with Crippen LogP contribution in [0, 0.1) is 0 Å². The third-order valence-electron chi connectivity index (χ3n) is 5.59. The van der Waals surface area contributed by atoms with E-state index in [2.05, 4.69) is 0 Å². The number of carbonyl (C=O) groups excluding carboxylic acids is 3. The topological polar surface area (TPSA) is 127 Å². The van der Waals surface area contributed by atoms with Gasteiger partial charge in [0.15, 0.2) is 11.5 Å². The van der Waals surface area contributed by atoms with E-state index in [-0.39, 0.29) is 41.4 Å². The number of esters is 2. The van der Waals surface area contributed by atoms with Crippen LogP contribution in [0.25, 0.3) is 0 Å². The van der Waals surface area contributed by atoms with Gasteiger partial charge in [-0.3, -0.25) is 9.69 Å². The van der Waals surface area contributed by atoms with Crippen LogP contribution in [0.5, 0.6) is 17.2 Å². The van der Waals surface area contributed by atoms with Crippen LogP contribution in [0.15, 0.2) is 59.9 Å². The Bertz CT molecular complexity index is 1190. The zero-order chi connectivity index (χ0) is 27.1. The summed E-state index contributed by atoms with van der Waals surface area (Å²) in [6, 6.07) is 9.74. The summed E-state index contributed by atoms with van der Waals surface area (Å²) in [5.41, 5.74) is 7.30. The van der Waals surface area contributed by atoms with Crippen molar-refractivity contribution >= 4 is 23.5 Å². The summed E-state index contributed by atoms with van der Waals surface area (Å²) in [5, 5.41) is 0. The molecular formula is C27H30N2O8. The van der Waals surface area contributed by atoms with Crippen LogP contribution in [-0.4, -0.2) is 57.3 Å². The lowest BCUT2D eigenvalue weighted by Gasteiger charge is -2.29. The first kappa shape index (κ1) is 27.1. The van der Waals surface area contributed by atoms with E-state index in [1.54, 1.807) is 38.1 Å². The smallest absolute Gasteiger partial charge is 0.336 e. The zero-order valence-corrected chi connectivity index (χ0v) is 21.4. The van der Waals surface area contributed by atoms with Gasteiger partial charge in [0.05, 0.1) is 51.6 Å². The molecule has 1 aliphatic rings. The SMILES string of the molecule is CCOC(=O)C1=CN(C(=O)c2cc(OC)c(OC)c(OC)c2)C=C(C(=O)OCC)C1c1cccc(N)c1. The first-order chi connectivity index (χ1) is 17.8. The lowest BCUT2D eigenvalue weighted by Crippen LogP contribution is -2.32. The van der Waals surface area contributed by atoms with Crippen molar-refractivity contribution in [3.8, 4) is 17.2 Å². The number of nitrogens with two attached hydrogens (primary N) is 1. The predicted octanol–water partition coefficient (Wildman–Crippen LogP) is 3.43. The van der Waals surface area contributed by atoms with Gasteiger partial charge in [0.2, 0.25) is 5.75 Å². The Kier molecular flexibility index (Phi) is 8.78. The third-order valence-corrected chi connectivity index (χ3v) is 5.59. The van der Waals surface area contributed by atoms with Crippen LogP contribution in [0.3, 0.4) is 0 Å². The number of amides is 1. The summed E-state index contributed by atoms with van der Waals surface area (Å²) in [6.45, 7) is 3.52. The van der Waals surface area contributed by atoms with E-state index in [0.717, 1.165) is 4.90 Å². The molecule has 0 radical (unpaired) electrons. The van der Waals surface area contributed by atoms with E-state index < -0.39 is 23.8 Å². The quantitative estimate of drug-likeness (QED) is 0.399. The zero-order valence-electron chi connectivity index (χ0n) is 21.4. The molecule has 1 amide bonds. The molecule has 0 saturated heterocycles. The highest BCUT2D eigenvalue weighted by atomic mass is 16.5. The highest BCUT2D eigenvalue weighted by molar-refractivity contribution is 6.03. The van der Waals surface area contributed by atoms with Gasteiger partial charge >= 0.3 is 11.9 Å². The van der Waals surface area contributed by atoms with Gasteiger partial charge in [-0.15, -0.1) is 0 Å². The molecule has 0 saturated carbocycles. The number of carbonyl (C=O) groups is 3. The van der Waals surface area contributed by atoms with Crippen LogP contribution in [0.1, 0.15) is 35.7 Å². The Morgan fingerprint density at radius 3 is 1.81 bits per heavy atom. The molecule has 2 aromatic carbocycles. The molecule has 0 aromatic heterocycles. The normalized spacial score (nSPS) is 13.3. The molecule has 10 heteroatoms. The standard InChI is InChI=1S/C27H30N2O8/c1-6-36-26(31)19-14-29(25(30)17-12-21(33-3)24(35-5)22(13-17)34-4)15-20(27(32)37-7-2)23(19)16-9-8-10-18(28)11-16/h8-15,23H,6-7,28H2,1-5H3. The summed E-state index contributed by atoms with van der Waals surface area (Å²) in [5.74, 6) is -1.96. The maximum atomic E-state index is 13.6. The first-order valence-corrected chi connectivity index (χ1v) is 11.5. The molecule has 0 atom stereocenters. The molecule has 0 unspecified atom stereocenters. The molecule has 2 N–H and O–H groups in total. The lowest BCUT2D eigenvalue weighted by atomic mass is 9.83. The van der Waals surface area contributed by atoms with Gasteiger partial charge in [0.25, 0.3) is 5.91 Å². The minimum Gasteiger partial charge on any atom is -0.493 e. The Balaban J connectivity index is 2.19. The molecular weight excluding hydrogens is 480 g/mol. The number of ether oxygens (including phenoxy) is 5. The number of nitrogen functional groups attached to an aromatic ring is 1. The summed E-state index contributed by atoms with van der Waals surface area (Å²) in [6.07, 6.45) is 2.69. The molecule has 2 aromatic rings. The molecule has 0 bridgehead atoms. The monoisotopic (exact) mass is 510 g/mol. The summed E-state index contributed by atoms with van der Waals surface area (Å²) in [4.78, 5) is 41.0. The number of anilines is 1. The van der Waals surface area contributed by atoms with Gasteiger partial charge in [-0.05, 0) is 43.7 Å². The Labute approximate surface area is 215 Å². The van der Waals surface area contributed by atoms with Crippen molar-refractivity contribution in [2.24, 2.45) is 0 Å². The molecule has 0 aliphatic carbocycles. The fourth-order valence-corrected chi connectivity index (χ4v) is 3.99. The highest BCUT2D eigenvalue weighted by Gasteiger charge is 2.37. The van der Waals surface area contributed by atoms with E-state index >= 15 is 0 Å². The van der Waals surface area contributed by atoms with Crippen LogP contribution in [-0.2, 0) is 19.1 Å². The first-order valence-electron chi connectivity index (χ1n) is 11.5. The Morgan fingerprint density at radius 1 is 0.838 bits per heavy atom. The van der Waals surface area contributed by atoms with Crippen molar-refractivity contribution in [2.45, 2.75) is 19.8 Å². The Hall–Kier alpha value is -4.47. The molecule has 0 spiro atoms. The summed E-state index contributed by atoms with van der Waals surface area (Å²) >= 11 is 0. The van der Waals surface area contributed by atoms with Gasteiger partial charge in [0.1, 0.15) is 0 Å². The highest BCUT2D eigenvalue weighted by Crippen LogP contribution is 2.41. The van der Waals surface area contributed by atoms with Crippen molar-refractivity contribution in [1.29, 1.82) is 0 Å². The fourth-order valence-electron chi connectivity index (χ4n) is 3.99. The number of rotatable bonds is 9. The number of hydrogen-bond acceptors (Lipinski definition) is 9. The summed E-state index contributed by atoms with van der Waals surface area (Å²) < 4.78 is 26.6. The average molecular weight is 511 g/mol. The van der Waals surface area contributed by atoms with E-state index in [1.165, 1.54) is 45.9 Å². The van der Waals surface area contributed by atoms with E-state index in [0.29, 0.717) is 17.0 Å². The van der Waals surface area contributed by atoms with Crippen LogP contribution >= 0.6 is 0 Å². The molecule has 3 rings (SSSR count). The van der Waals surface area contributed by atoms with Crippen LogP contribution < -0.4 is 19.9 Å². The molecule has 1 heterocycles. The lowest BCUT2D eigenvalue weighted by molar-refractivity contribution is -0.139. The molecule has 196 valence electrons. The number of benzene rings is 2. The Morgan fingerprint density at radius 2 is 1.38 bits per heavy atom. The molecule has 0 fully saturated rings. The molecule has 10 nitrogen and oxygen atoms in total. The minimum atomic E-state index is -0.870. The summed E-state index contributed by atoms with van der Waals surface area (Å²) in [7, 11) is 4.31. The third kappa shape index (κ3) is 5.69. The number of methoxy groups -OCH3 is 3. The van der Waals surface area contributed by atoms with Gasteiger partial charge < -0.3 is 29.4 Å². The predicted molar refractivity (Wildman–Crippen MR) is 135 cm³/mol.